The molecule has 3 nitrogen and oxygen atoms in total. The highest BCUT2D eigenvalue weighted by atomic mass is 16.3. The van der Waals surface area contributed by atoms with Gasteiger partial charge in [-0.2, -0.15) is 0 Å². The molecule has 3 aromatic carbocycles. The third kappa shape index (κ3) is 4.29. The molecule has 0 amide bonds. The van der Waals surface area contributed by atoms with Gasteiger partial charge in [0.15, 0.2) is 0 Å². The van der Waals surface area contributed by atoms with Crippen LogP contribution in [0.15, 0.2) is 102 Å². The van der Waals surface area contributed by atoms with E-state index in [-0.39, 0.29) is 5.92 Å². The average Bonchev–Trinajstić information content (AvgIpc) is 3.26. The number of likely N-dealkylation sites (N-methyl/N-ethyl adjacent to an activating group) is 1. The summed E-state index contributed by atoms with van der Waals surface area (Å²) in [6.45, 7) is 6.86. The van der Waals surface area contributed by atoms with Crippen LogP contribution in [0.2, 0.25) is 0 Å². The number of hydrogen-bond acceptors (Lipinski definition) is 3. The predicted molar refractivity (Wildman–Crippen MR) is 140 cm³/mol. The fraction of sp³-hybridized carbons (Fsp3) is 0.258. The van der Waals surface area contributed by atoms with Crippen LogP contribution in [0.5, 0.6) is 0 Å². The first-order chi connectivity index (χ1) is 16.7. The van der Waals surface area contributed by atoms with Gasteiger partial charge in [0.05, 0.1) is 17.2 Å². The van der Waals surface area contributed by atoms with Crippen LogP contribution in [-0.2, 0) is 0 Å². The van der Waals surface area contributed by atoms with Crippen molar-refractivity contribution in [2.75, 3.05) is 19.6 Å². The molecule has 0 saturated carbocycles. The molecule has 0 aromatic heterocycles. The van der Waals surface area contributed by atoms with Crippen LogP contribution in [0.3, 0.4) is 0 Å². The van der Waals surface area contributed by atoms with E-state index in [0.717, 1.165) is 24.1 Å². The Hall–Kier alpha value is -3.27. The zero-order valence-electron chi connectivity index (χ0n) is 20.0. The third-order valence-electron chi connectivity index (χ3n) is 7.02. The van der Waals surface area contributed by atoms with Gasteiger partial charge in [0.25, 0.3) is 0 Å². The SMILES string of the molecule is CCN(CC)CC(O)CC1C(c2ccccc2)=C(c2ccccc2)C=C2N=c3ccccc3=C21. The molecule has 3 aromatic rings. The minimum Gasteiger partial charge on any atom is -0.392 e. The molecule has 0 saturated heterocycles. The average molecular weight is 449 g/mol. The first-order valence-electron chi connectivity index (χ1n) is 12.3. The second-order valence-electron chi connectivity index (χ2n) is 9.06. The predicted octanol–water partition coefficient (Wildman–Crippen LogP) is 4.69. The molecular formula is C31H32N2O. The van der Waals surface area contributed by atoms with Gasteiger partial charge in [-0.05, 0) is 59.5 Å². The van der Waals surface area contributed by atoms with E-state index in [2.05, 4.69) is 110 Å². The Morgan fingerprint density at radius 2 is 1.41 bits per heavy atom. The number of fused-ring (bicyclic) bond motifs is 2. The molecule has 2 unspecified atom stereocenters. The molecule has 2 aliphatic rings. The number of aliphatic hydroxyl groups is 1. The number of aliphatic hydroxyl groups excluding tert-OH is 1. The van der Waals surface area contributed by atoms with E-state index < -0.39 is 6.10 Å². The summed E-state index contributed by atoms with van der Waals surface area (Å²) in [4.78, 5) is 7.32. The Balaban J connectivity index is 1.72. The molecule has 34 heavy (non-hydrogen) atoms. The van der Waals surface area contributed by atoms with Crippen molar-refractivity contribution in [2.24, 2.45) is 10.9 Å². The maximum absolute atomic E-state index is 11.3. The zero-order valence-corrected chi connectivity index (χ0v) is 20.0. The van der Waals surface area contributed by atoms with Crippen LogP contribution >= 0.6 is 0 Å². The van der Waals surface area contributed by atoms with E-state index in [1.165, 1.54) is 33.1 Å². The summed E-state index contributed by atoms with van der Waals surface area (Å²) >= 11 is 0. The van der Waals surface area contributed by atoms with Crippen LogP contribution in [0.4, 0.5) is 0 Å². The molecule has 1 aliphatic heterocycles. The molecule has 1 heterocycles. The van der Waals surface area contributed by atoms with Crippen molar-refractivity contribution >= 4 is 16.7 Å². The highest BCUT2D eigenvalue weighted by molar-refractivity contribution is 6.04. The molecule has 3 heteroatoms. The summed E-state index contributed by atoms with van der Waals surface area (Å²) in [6.07, 6.45) is 2.48. The van der Waals surface area contributed by atoms with Crippen LogP contribution in [0, 0.1) is 5.92 Å². The first-order valence-corrected chi connectivity index (χ1v) is 12.3. The lowest BCUT2D eigenvalue weighted by molar-refractivity contribution is 0.107. The maximum atomic E-state index is 11.3. The number of rotatable bonds is 8. The zero-order chi connectivity index (χ0) is 23.5. The van der Waals surface area contributed by atoms with E-state index >= 15 is 0 Å². The van der Waals surface area contributed by atoms with Crippen molar-refractivity contribution in [1.82, 2.24) is 4.90 Å². The summed E-state index contributed by atoms with van der Waals surface area (Å²) in [6, 6.07) is 29.6. The fourth-order valence-corrected chi connectivity index (χ4v) is 5.34. The lowest BCUT2D eigenvalue weighted by Crippen LogP contribution is -2.34. The monoisotopic (exact) mass is 448 g/mol. The molecule has 1 aliphatic carbocycles. The van der Waals surface area contributed by atoms with Gasteiger partial charge in [-0.15, -0.1) is 0 Å². The molecule has 0 spiro atoms. The highest BCUT2D eigenvalue weighted by Crippen LogP contribution is 2.46. The largest absolute Gasteiger partial charge is 0.392 e. The van der Waals surface area contributed by atoms with Gasteiger partial charge in [-0.1, -0.05) is 92.7 Å². The van der Waals surface area contributed by atoms with E-state index in [1.54, 1.807) is 0 Å². The molecule has 0 bridgehead atoms. The minimum atomic E-state index is -0.430. The Morgan fingerprint density at radius 1 is 0.794 bits per heavy atom. The lowest BCUT2D eigenvalue weighted by Gasteiger charge is -2.32. The van der Waals surface area contributed by atoms with Gasteiger partial charge >= 0.3 is 0 Å². The molecule has 2 atom stereocenters. The Kier molecular flexibility index (Phi) is 6.57. The summed E-state index contributed by atoms with van der Waals surface area (Å²) in [5.74, 6) is 0.0515. The van der Waals surface area contributed by atoms with Crippen molar-refractivity contribution < 1.29 is 5.11 Å². The van der Waals surface area contributed by atoms with Gasteiger partial charge in [-0.25, -0.2) is 4.99 Å². The van der Waals surface area contributed by atoms with E-state index in [4.69, 9.17) is 4.99 Å². The smallest absolute Gasteiger partial charge is 0.0713 e. The van der Waals surface area contributed by atoms with Crippen LogP contribution in [-0.4, -0.2) is 35.7 Å². The quantitative estimate of drug-likeness (QED) is 0.543. The normalized spacial score (nSPS) is 17.8. The molecule has 5 rings (SSSR count). The van der Waals surface area contributed by atoms with Gasteiger partial charge in [0.2, 0.25) is 0 Å². The Labute approximate surface area is 202 Å². The summed E-state index contributed by atoms with van der Waals surface area (Å²) < 4.78 is 0. The van der Waals surface area contributed by atoms with Gasteiger partial charge in [-0.3, -0.25) is 0 Å². The van der Waals surface area contributed by atoms with Crippen molar-refractivity contribution in [3.63, 3.8) is 0 Å². The number of hydrogen-bond donors (Lipinski definition) is 1. The van der Waals surface area contributed by atoms with Gasteiger partial charge in [0, 0.05) is 17.7 Å². The van der Waals surface area contributed by atoms with E-state index in [1.807, 2.05) is 0 Å². The van der Waals surface area contributed by atoms with Crippen molar-refractivity contribution in [3.05, 3.63) is 118 Å². The maximum Gasteiger partial charge on any atom is 0.0713 e. The van der Waals surface area contributed by atoms with Gasteiger partial charge in [0.1, 0.15) is 0 Å². The standard InChI is InChI=1S/C31H32N2O/c1-3-33(4-2)21-24(34)19-27-30(23-15-9-6-10-16-23)26(22-13-7-5-8-14-22)20-29-31(27)25-17-11-12-18-28(25)32-29/h5-18,20,24,27,34H,3-4,19,21H2,1-2H3. The summed E-state index contributed by atoms with van der Waals surface area (Å²) in [5.41, 5.74) is 7.13. The molecule has 0 radical (unpaired) electrons. The van der Waals surface area contributed by atoms with Crippen molar-refractivity contribution in [2.45, 2.75) is 26.4 Å². The first kappa shape index (κ1) is 22.5. The second kappa shape index (κ2) is 9.92. The highest BCUT2D eigenvalue weighted by Gasteiger charge is 2.34. The number of allylic oxidation sites excluding steroid dienone is 4. The van der Waals surface area contributed by atoms with E-state index in [9.17, 15) is 5.11 Å². The fourth-order valence-electron chi connectivity index (χ4n) is 5.34. The van der Waals surface area contributed by atoms with Crippen molar-refractivity contribution in [1.29, 1.82) is 0 Å². The molecule has 172 valence electrons. The summed E-state index contributed by atoms with van der Waals surface area (Å²) in [7, 11) is 0. The minimum absolute atomic E-state index is 0.0515. The van der Waals surface area contributed by atoms with Crippen LogP contribution in [0.25, 0.3) is 16.7 Å². The van der Waals surface area contributed by atoms with Crippen molar-refractivity contribution in [3.8, 4) is 0 Å². The molecule has 1 N–H and O–H groups in total. The van der Waals surface area contributed by atoms with Gasteiger partial charge < -0.3 is 10.0 Å². The Morgan fingerprint density at radius 3 is 2.09 bits per heavy atom. The second-order valence-corrected chi connectivity index (χ2v) is 9.06. The lowest BCUT2D eigenvalue weighted by atomic mass is 9.74. The number of para-hydroxylation sites is 1. The van der Waals surface area contributed by atoms with E-state index in [0.29, 0.717) is 13.0 Å². The topological polar surface area (TPSA) is 35.8 Å². The van der Waals surface area contributed by atoms with Crippen LogP contribution in [0.1, 0.15) is 31.4 Å². The molecule has 0 fully saturated rings. The number of benzene rings is 3. The third-order valence-corrected chi connectivity index (χ3v) is 7.02. The summed E-state index contributed by atoms with van der Waals surface area (Å²) in [5, 5.41) is 13.5. The van der Waals surface area contributed by atoms with Crippen LogP contribution < -0.4 is 10.6 Å². The number of nitrogens with zero attached hydrogens (tertiary/aromatic N) is 2. The Bertz CT molecular complexity index is 1330. The molecular weight excluding hydrogens is 416 g/mol.